The van der Waals surface area contributed by atoms with Crippen LogP contribution in [0.3, 0.4) is 0 Å². The number of rotatable bonds is 6. The minimum absolute atomic E-state index is 0. The SMILES string of the molecule is CCCNC(=O)CCN=C(NCC)N1CCS(=O)(=O)C(C)(C)C1.I. The molecule has 1 rings (SSSR count). The van der Waals surface area contributed by atoms with Gasteiger partial charge in [-0.2, -0.15) is 0 Å². The molecule has 0 aliphatic carbocycles. The number of aliphatic imine (C=N–C) groups is 1. The predicted molar refractivity (Wildman–Crippen MR) is 109 cm³/mol. The lowest BCUT2D eigenvalue weighted by atomic mass is 10.2. The van der Waals surface area contributed by atoms with E-state index in [-0.39, 0.29) is 35.6 Å². The number of nitrogens with one attached hydrogen (secondary N) is 2. The minimum atomic E-state index is -3.08. The van der Waals surface area contributed by atoms with E-state index < -0.39 is 14.6 Å². The maximum absolute atomic E-state index is 12.1. The van der Waals surface area contributed by atoms with Crippen molar-refractivity contribution in [1.82, 2.24) is 15.5 Å². The monoisotopic (exact) mass is 474 g/mol. The molecule has 1 amide bonds. The van der Waals surface area contributed by atoms with E-state index in [0.717, 1.165) is 6.42 Å². The van der Waals surface area contributed by atoms with Crippen molar-refractivity contribution in [3.05, 3.63) is 0 Å². The molecule has 1 saturated heterocycles. The fourth-order valence-electron chi connectivity index (χ4n) is 2.37. The first-order chi connectivity index (χ1) is 10.7. The van der Waals surface area contributed by atoms with Crippen molar-refractivity contribution in [2.75, 3.05) is 38.5 Å². The molecule has 1 heterocycles. The van der Waals surface area contributed by atoms with Crippen LogP contribution < -0.4 is 10.6 Å². The second-order valence-electron chi connectivity index (χ2n) is 6.34. The fourth-order valence-corrected chi connectivity index (χ4v) is 3.73. The van der Waals surface area contributed by atoms with Gasteiger partial charge in [-0.3, -0.25) is 9.79 Å². The quantitative estimate of drug-likeness (QED) is 0.341. The molecular weight excluding hydrogens is 443 g/mol. The summed E-state index contributed by atoms with van der Waals surface area (Å²) in [4.78, 5) is 18.1. The Morgan fingerprint density at radius 3 is 2.46 bits per heavy atom. The average Bonchev–Trinajstić information content (AvgIpc) is 2.47. The van der Waals surface area contributed by atoms with Gasteiger partial charge in [-0.1, -0.05) is 6.92 Å². The normalized spacial score (nSPS) is 19.3. The highest BCUT2D eigenvalue weighted by molar-refractivity contribution is 14.0. The van der Waals surface area contributed by atoms with E-state index in [1.165, 1.54) is 0 Å². The molecule has 7 nitrogen and oxygen atoms in total. The Labute approximate surface area is 163 Å². The summed E-state index contributed by atoms with van der Waals surface area (Å²) in [6.45, 7) is 10.1. The number of sulfone groups is 1. The van der Waals surface area contributed by atoms with Crippen molar-refractivity contribution in [3.63, 3.8) is 0 Å². The van der Waals surface area contributed by atoms with Crippen molar-refractivity contribution < 1.29 is 13.2 Å². The summed E-state index contributed by atoms with van der Waals surface area (Å²) in [7, 11) is -3.08. The maximum atomic E-state index is 12.1. The molecule has 0 aromatic carbocycles. The fraction of sp³-hybridized carbons (Fsp3) is 0.867. The van der Waals surface area contributed by atoms with Crippen LogP contribution in [0.15, 0.2) is 4.99 Å². The lowest BCUT2D eigenvalue weighted by molar-refractivity contribution is -0.120. The number of carbonyl (C=O) groups excluding carboxylic acids is 1. The molecule has 0 bridgehead atoms. The van der Waals surface area contributed by atoms with Crippen LogP contribution in [0, 0.1) is 0 Å². The molecule has 1 aliphatic rings. The van der Waals surface area contributed by atoms with Gasteiger partial charge in [0.15, 0.2) is 15.8 Å². The van der Waals surface area contributed by atoms with Crippen LogP contribution in [0.1, 0.15) is 40.5 Å². The highest BCUT2D eigenvalue weighted by atomic mass is 127. The zero-order chi connectivity index (χ0) is 17.5. The van der Waals surface area contributed by atoms with Crippen LogP contribution in [0.5, 0.6) is 0 Å². The zero-order valence-corrected chi connectivity index (χ0v) is 18.2. The third-order valence-corrected chi connectivity index (χ3v) is 6.38. The maximum Gasteiger partial charge on any atom is 0.221 e. The number of halogens is 1. The first-order valence-electron chi connectivity index (χ1n) is 8.25. The third-order valence-electron chi connectivity index (χ3n) is 3.85. The summed E-state index contributed by atoms with van der Waals surface area (Å²) in [6, 6.07) is 0. The van der Waals surface area contributed by atoms with Gasteiger partial charge in [0.05, 0.1) is 17.0 Å². The van der Waals surface area contributed by atoms with Gasteiger partial charge in [-0.25, -0.2) is 8.42 Å². The van der Waals surface area contributed by atoms with E-state index in [9.17, 15) is 13.2 Å². The van der Waals surface area contributed by atoms with Gasteiger partial charge in [-0.05, 0) is 27.2 Å². The highest BCUT2D eigenvalue weighted by Gasteiger charge is 2.40. The minimum Gasteiger partial charge on any atom is -0.357 e. The zero-order valence-electron chi connectivity index (χ0n) is 15.1. The molecule has 0 aromatic rings. The van der Waals surface area contributed by atoms with Crippen LogP contribution in [-0.2, 0) is 14.6 Å². The summed E-state index contributed by atoms with van der Waals surface area (Å²) < 4.78 is 23.4. The molecule has 1 fully saturated rings. The molecule has 0 atom stereocenters. The van der Waals surface area contributed by atoms with Crippen LogP contribution >= 0.6 is 24.0 Å². The Bertz CT molecular complexity index is 535. The van der Waals surface area contributed by atoms with Crippen molar-refractivity contribution in [1.29, 1.82) is 0 Å². The third kappa shape index (κ3) is 6.73. The van der Waals surface area contributed by atoms with Crippen LogP contribution in [-0.4, -0.2) is 68.4 Å². The lowest BCUT2D eigenvalue weighted by Gasteiger charge is -2.39. The molecule has 0 radical (unpaired) electrons. The average molecular weight is 474 g/mol. The van der Waals surface area contributed by atoms with Gasteiger partial charge in [0.1, 0.15) is 0 Å². The standard InChI is InChI=1S/C15H30N4O3S.HI/c1-5-8-17-13(20)7-9-18-14(16-6-2)19-10-11-23(21,22)15(3,4)12-19;/h5-12H2,1-4H3,(H,16,18)(H,17,20);1H. The first kappa shape index (κ1) is 23.4. The number of hydrogen-bond acceptors (Lipinski definition) is 4. The van der Waals surface area contributed by atoms with E-state index >= 15 is 0 Å². The predicted octanol–water partition coefficient (Wildman–Crippen LogP) is 0.995. The molecule has 142 valence electrons. The lowest BCUT2D eigenvalue weighted by Crippen LogP contribution is -2.57. The molecular formula is C15H31IN4O3S. The Hall–Kier alpha value is -0.580. The van der Waals surface area contributed by atoms with Gasteiger partial charge >= 0.3 is 0 Å². The Balaban J connectivity index is 0.00000529. The van der Waals surface area contributed by atoms with Gasteiger partial charge < -0.3 is 15.5 Å². The summed E-state index contributed by atoms with van der Waals surface area (Å²) >= 11 is 0. The molecule has 2 N–H and O–H groups in total. The van der Waals surface area contributed by atoms with Crippen LogP contribution in [0.4, 0.5) is 0 Å². The molecule has 0 aromatic heterocycles. The van der Waals surface area contributed by atoms with Gasteiger partial charge in [-0.15, -0.1) is 24.0 Å². The summed E-state index contributed by atoms with van der Waals surface area (Å²) in [5.74, 6) is 0.799. The van der Waals surface area contributed by atoms with E-state index in [2.05, 4.69) is 15.6 Å². The number of amides is 1. The van der Waals surface area contributed by atoms with E-state index in [4.69, 9.17) is 0 Å². The largest absolute Gasteiger partial charge is 0.357 e. The van der Waals surface area contributed by atoms with Gasteiger partial charge in [0.25, 0.3) is 0 Å². The van der Waals surface area contributed by atoms with E-state index in [0.29, 0.717) is 45.1 Å². The summed E-state index contributed by atoms with van der Waals surface area (Å²) in [5, 5.41) is 6.00. The topological polar surface area (TPSA) is 90.9 Å². The Morgan fingerprint density at radius 1 is 1.25 bits per heavy atom. The van der Waals surface area contributed by atoms with Gasteiger partial charge in [0.2, 0.25) is 5.91 Å². The second-order valence-corrected chi connectivity index (χ2v) is 9.08. The molecule has 9 heteroatoms. The molecule has 0 saturated carbocycles. The van der Waals surface area contributed by atoms with Crippen molar-refractivity contribution in [3.8, 4) is 0 Å². The summed E-state index contributed by atoms with van der Waals surface area (Å²) in [5.41, 5.74) is 0. The van der Waals surface area contributed by atoms with E-state index in [1.807, 2.05) is 18.7 Å². The van der Waals surface area contributed by atoms with Crippen molar-refractivity contribution in [2.24, 2.45) is 4.99 Å². The molecule has 24 heavy (non-hydrogen) atoms. The number of hydrogen-bond donors (Lipinski definition) is 2. The van der Waals surface area contributed by atoms with Gasteiger partial charge in [0, 0.05) is 32.6 Å². The van der Waals surface area contributed by atoms with E-state index in [1.54, 1.807) is 13.8 Å². The molecule has 0 spiro atoms. The Kier molecular flexibility index (Phi) is 10.2. The van der Waals surface area contributed by atoms with Crippen molar-refractivity contribution in [2.45, 2.75) is 45.3 Å². The smallest absolute Gasteiger partial charge is 0.221 e. The highest BCUT2D eigenvalue weighted by Crippen LogP contribution is 2.23. The molecule has 0 unspecified atom stereocenters. The number of carbonyl (C=O) groups is 1. The first-order valence-corrected chi connectivity index (χ1v) is 9.91. The molecule has 1 aliphatic heterocycles. The van der Waals surface area contributed by atoms with Crippen molar-refractivity contribution >= 4 is 45.7 Å². The Morgan fingerprint density at radius 2 is 1.92 bits per heavy atom. The van der Waals surface area contributed by atoms with Crippen LogP contribution in [0.25, 0.3) is 0 Å². The number of nitrogens with zero attached hydrogens (tertiary/aromatic N) is 2. The second kappa shape index (κ2) is 10.4. The number of guanidine groups is 1. The summed E-state index contributed by atoms with van der Waals surface area (Å²) in [6.07, 6.45) is 1.25. The van der Waals surface area contributed by atoms with Crippen LogP contribution in [0.2, 0.25) is 0 Å².